The fraction of sp³-hybridized carbons (Fsp3) is 0.769. The van der Waals surface area contributed by atoms with Gasteiger partial charge in [0.15, 0.2) is 0 Å². The number of carbonyl (C=O) groups excluding carboxylic acids is 1. The van der Waals surface area contributed by atoms with Gasteiger partial charge in [0.25, 0.3) is 5.91 Å². The Balaban J connectivity index is 2.63. The van der Waals surface area contributed by atoms with Gasteiger partial charge in [-0.05, 0) is 33.4 Å². The van der Waals surface area contributed by atoms with Crippen LogP contribution >= 0.6 is 11.3 Å². The number of likely N-dealkylation sites (N-methyl/N-ethyl adjacent to an activating group) is 1. The van der Waals surface area contributed by atoms with Crippen LogP contribution in [-0.4, -0.2) is 54.2 Å². The number of carbonyl (C=O) groups is 1. The van der Waals surface area contributed by atoms with Crippen LogP contribution in [0.25, 0.3) is 0 Å². The van der Waals surface area contributed by atoms with E-state index in [1.807, 2.05) is 21.0 Å². The van der Waals surface area contributed by atoms with Gasteiger partial charge >= 0.3 is 0 Å². The Kier molecular flexibility index (Phi) is 6.87. The van der Waals surface area contributed by atoms with Gasteiger partial charge in [-0.3, -0.25) is 4.79 Å². The van der Waals surface area contributed by atoms with Crippen LogP contribution in [-0.2, 0) is 0 Å². The van der Waals surface area contributed by atoms with Crippen LogP contribution in [0.4, 0.5) is 5.13 Å². The Labute approximate surface area is 125 Å². The SMILES string of the molecule is CCNc1nnc(C(=O)NC(CC(C)C)CN(C)C)s1. The molecule has 2 N–H and O–H groups in total. The van der Waals surface area contributed by atoms with Crippen molar-refractivity contribution in [1.82, 2.24) is 20.4 Å². The quantitative estimate of drug-likeness (QED) is 0.764. The number of amides is 1. The molecule has 0 aliphatic carbocycles. The molecule has 0 aliphatic heterocycles. The number of aromatic nitrogens is 2. The second kappa shape index (κ2) is 8.16. The van der Waals surface area contributed by atoms with E-state index in [2.05, 4.69) is 39.6 Å². The number of anilines is 1. The maximum absolute atomic E-state index is 12.2. The van der Waals surface area contributed by atoms with Crippen molar-refractivity contribution in [2.45, 2.75) is 33.2 Å². The van der Waals surface area contributed by atoms with E-state index in [1.54, 1.807) is 0 Å². The summed E-state index contributed by atoms with van der Waals surface area (Å²) in [5.74, 6) is 0.395. The Morgan fingerprint density at radius 1 is 1.35 bits per heavy atom. The highest BCUT2D eigenvalue weighted by atomic mass is 32.1. The van der Waals surface area contributed by atoms with Crippen LogP contribution in [0.15, 0.2) is 0 Å². The van der Waals surface area contributed by atoms with E-state index in [1.165, 1.54) is 11.3 Å². The zero-order chi connectivity index (χ0) is 15.1. The maximum atomic E-state index is 12.2. The van der Waals surface area contributed by atoms with Crippen molar-refractivity contribution >= 4 is 22.4 Å². The van der Waals surface area contributed by atoms with Gasteiger partial charge in [0.1, 0.15) is 0 Å². The summed E-state index contributed by atoms with van der Waals surface area (Å²) < 4.78 is 0. The van der Waals surface area contributed by atoms with Gasteiger partial charge in [0.2, 0.25) is 10.1 Å². The lowest BCUT2D eigenvalue weighted by atomic mass is 10.0. The number of hydrogen-bond donors (Lipinski definition) is 2. The molecule has 1 heterocycles. The molecular weight excluding hydrogens is 274 g/mol. The highest BCUT2D eigenvalue weighted by Gasteiger charge is 2.19. The van der Waals surface area contributed by atoms with E-state index in [0.717, 1.165) is 19.5 Å². The lowest BCUT2D eigenvalue weighted by molar-refractivity contribution is 0.0923. The first-order valence-electron chi connectivity index (χ1n) is 6.95. The molecule has 0 saturated carbocycles. The molecular formula is C13H25N5OS. The summed E-state index contributed by atoms with van der Waals surface area (Å²) in [5, 5.41) is 15.1. The summed E-state index contributed by atoms with van der Waals surface area (Å²) in [5.41, 5.74) is 0. The van der Waals surface area contributed by atoms with Crippen LogP contribution in [0, 0.1) is 5.92 Å². The predicted octanol–water partition coefficient (Wildman–Crippen LogP) is 1.68. The van der Waals surface area contributed by atoms with Gasteiger partial charge in [-0.25, -0.2) is 0 Å². The van der Waals surface area contributed by atoms with Crippen molar-refractivity contribution < 1.29 is 4.79 Å². The summed E-state index contributed by atoms with van der Waals surface area (Å²) in [7, 11) is 4.02. The van der Waals surface area contributed by atoms with Crippen LogP contribution in [0.2, 0.25) is 0 Å². The van der Waals surface area contributed by atoms with Crippen molar-refractivity contribution in [3.05, 3.63) is 5.01 Å². The van der Waals surface area contributed by atoms with Gasteiger partial charge in [0, 0.05) is 19.1 Å². The van der Waals surface area contributed by atoms with Gasteiger partial charge in [-0.2, -0.15) is 0 Å². The lowest BCUT2D eigenvalue weighted by Crippen LogP contribution is -2.42. The Bertz CT molecular complexity index is 409. The smallest absolute Gasteiger partial charge is 0.282 e. The first-order chi connectivity index (χ1) is 9.42. The number of hydrogen-bond acceptors (Lipinski definition) is 6. The van der Waals surface area contributed by atoms with Crippen molar-refractivity contribution in [3.63, 3.8) is 0 Å². The third kappa shape index (κ3) is 5.83. The fourth-order valence-corrected chi connectivity index (χ4v) is 2.69. The molecule has 1 aromatic rings. The molecule has 1 aromatic heterocycles. The summed E-state index contributed by atoms with van der Waals surface area (Å²) in [4.78, 5) is 14.3. The molecule has 7 heteroatoms. The second-order valence-corrected chi connectivity index (χ2v) is 6.48. The minimum absolute atomic E-state index is 0.129. The molecule has 0 aromatic carbocycles. The topological polar surface area (TPSA) is 70.1 Å². The van der Waals surface area contributed by atoms with Crippen molar-refractivity contribution in [2.75, 3.05) is 32.5 Å². The summed E-state index contributed by atoms with van der Waals surface area (Å²) in [6, 6.07) is 0.129. The van der Waals surface area contributed by atoms with Crippen molar-refractivity contribution in [3.8, 4) is 0 Å². The van der Waals surface area contributed by atoms with Crippen LogP contribution in [0.5, 0.6) is 0 Å². The number of nitrogens with zero attached hydrogens (tertiary/aromatic N) is 3. The molecule has 6 nitrogen and oxygen atoms in total. The van der Waals surface area contributed by atoms with Crippen LogP contribution in [0.3, 0.4) is 0 Å². The normalized spacial score (nSPS) is 12.8. The van der Waals surface area contributed by atoms with Gasteiger partial charge < -0.3 is 15.5 Å². The predicted molar refractivity (Wildman–Crippen MR) is 83.3 cm³/mol. The van der Waals surface area contributed by atoms with E-state index in [4.69, 9.17) is 0 Å². The average molecular weight is 299 g/mol. The zero-order valence-corrected chi connectivity index (χ0v) is 13.8. The molecule has 1 unspecified atom stereocenters. The van der Waals surface area contributed by atoms with Crippen molar-refractivity contribution in [2.24, 2.45) is 5.92 Å². The highest BCUT2D eigenvalue weighted by molar-refractivity contribution is 7.17. The van der Waals surface area contributed by atoms with Gasteiger partial charge in [-0.15, -0.1) is 10.2 Å². The molecule has 0 bridgehead atoms. The second-order valence-electron chi connectivity index (χ2n) is 5.50. The molecule has 0 radical (unpaired) electrons. The first kappa shape index (κ1) is 16.8. The van der Waals surface area contributed by atoms with E-state index in [-0.39, 0.29) is 11.9 Å². The van der Waals surface area contributed by atoms with Gasteiger partial charge in [0.05, 0.1) is 0 Å². The monoisotopic (exact) mass is 299 g/mol. The average Bonchev–Trinajstić information content (AvgIpc) is 2.76. The molecule has 0 spiro atoms. The largest absolute Gasteiger partial charge is 0.360 e. The Morgan fingerprint density at radius 3 is 2.60 bits per heavy atom. The first-order valence-corrected chi connectivity index (χ1v) is 7.77. The van der Waals surface area contributed by atoms with E-state index in [9.17, 15) is 4.79 Å². The molecule has 0 aliphatic rings. The molecule has 1 rings (SSSR count). The number of nitrogens with one attached hydrogen (secondary N) is 2. The summed E-state index contributed by atoms with van der Waals surface area (Å²) in [6.45, 7) is 7.89. The molecule has 0 fully saturated rings. The Hall–Kier alpha value is -1.21. The molecule has 1 amide bonds. The standard InChI is InChI=1S/C13H25N5OS/c1-6-14-13-17-16-12(20-13)11(19)15-10(7-9(2)3)8-18(4)5/h9-10H,6-8H2,1-5H3,(H,14,17)(H,15,19). The molecule has 20 heavy (non-hydrogen) atoms. The van der Waals surface area contributed by atoms with E-state index in [0.29, 0.717) is 16.1 Å². The van der Waals surface area contributed by atoms with E-state index >= 15 is 0 Å². The highest BCUT2D eigenvalue weighted by Crippen LogP contribution is 2.15. The van der Waals surface area contributed by atoms with Crippen LogP contribution < -0.4 is 10.6 Å². The van der Waals surface area contributed by atoms with Crippen LogP contribution in [0.1, 0.15) is 37.0 Å². The molecule has 1 atom stereocenters. The zero-order valence-electron chi connectivity index (χ0n) is 12.9. The fourth-order valence-electron chi connectivity index (χ4n) is 1.97. The van der Waals surface area contributed by atoms with Gasteiger partial charge in [-0.1, -0.05) is 25.2 Å². The molecule has 0 saturated heterocycles. The summed E-state index contributed by atoms with van der Waals surface area (Å²) >= 11 is 1.29. The molecule has 114 valence electrons. The third-order valence-electron chi connectivity index (χ3n) is 2.62. The maximum Gasteiger partial charge on any atom is 0.282 e. The minimum atomic E-state index is -0.140. The third-order valence-corrected chi connectivity index (χ3v) is 3.50. The van der Waals surface area contributed by atoms with Crippen molar-refractivity contribution in [1.29, 1.82) is 0 Å². The lowest BCUT2D eigenvalue weighted by Gasteiger charge is -2.23. The Morgan fingerprint density at radius 2 is 2.05 bits per heavy atom. The summed E-state index contributed by atoms with van der Waals surface area (Å²) in [6.07, 6.45) is 0.947. The number of rotatable bonds is 8. The van der Waals surface area contributed by atoms with E-state index < -0.39 is 0 Å². The minimum Gasteiger partial charge on any atom is -0.360 e.